The van der Waals surface area contributed by atoms with Crippen molar-refractivity contribution >= 4 is 27.7 Å². The van der Waals surface area contributed by atoms with E-state index in [0.717, 1.165) is 28.7 Å². The Hall–Kier alpha value is -1.16. The molecule has 1 atom stereocenters. The number of nitrogens with zero attached hydrogens (tertiary/aromatic N) is 1. The van der Waals surface area contributed by atoms with E-state index >= 15 is 0 Å². The lowest BCUT2D eigenvalue weighted by Gasteiger charge is -2.03. The summed E-state index contributed by atoms with van der Waals surface area (Å²) in [6, 6.07) is 7.81. The Kier molecular flexibility index (Phi) is 3.94. The van der Waals surface area contributed by atoms with E-state index in [1.54, 1.807) is 0 Å². The third-order valence-corrected chi connectivity index (χ3v) is 3.53. The molecule has 1 heterocycles. The van der Waals surface area contributed by atoms with E-state index < -0.39 is 0 Å². The number of carbonyl (C=O) groups excluding carboxylic acids is 1. The first-order valence-electron chi connectivity index (χ1n) is 5.81. The van der Waals surface area contributed by atoms with Crippen molar-refractivity contribution in [3.8, 4) is 0 Å². The summed E-state index contributed by atoms with van der Waals surface area (Å²) >= 11 is 3.50. The summed E-state index contributed by atoms with van der Waals surface area (Å²) in [6.07, 6.45) is 2.47. The van der Waals surface area contributed by atoms with Gasteiger partial charge in [-0.2, -0.15) is 0 Å². The van der Waals surface area contributed by atoms with Crippen molar-refractivity contribution < 1.29 is 4.79 Å². The molecule has 0 saturated carbocycles. The maximum atomic E-state index is 11.6. The van der Waals surface area contributed by atoms with Gasteiger partial charge in [-0.15, -0.1) is 0 Å². The fourth-order valence-corrected chi connectivity index (χ4v) is 2.31. The van der Waals surface area contributed by atoms with Crippen molar-refractivity contribution in [3.05, 3.63) is 34.3 Å². The zero-order chi connectivity index (χ0) is 12.3. The minimum Gasteiger partial charge on any atom is -0.312 e. The molecule has 1 aromatic carbocycles. The molecule has 1 aliphatic heterocycles. The molecule has 0 radical (unpaired) electrons. The van der Waals surface area contributed by atoms with Crippen molar-refractivity contribution in [1.82, 2.24) is 5.32 Å². The Morgan fingerprint density at radius 2 is 2.18 bits per heavy atom. The molecule has 0 saturated heterocycles. The summed E-state index contributed by atoms with van der Waals surface area (Å²) < 4.78 is 1.05. The van der Waals surface area contributed by atoms with Crippen LogP contribution >= 0.6 is 15.9 Å². The highest BCUT2D eigenvalue weighted by molar-refractivity contribution is 9.10. The highest BCUT2D eigenvalue weighted by Gasteiger charge is 2.25. The maximum Gasteiger partial charge on any atom is 0.250 e. The second-order valence-electron chi connectivity index (χ2n) is 4.14. The van der Waals surface area contributed by atoms with Gasteiger partial charge in [-0.05, 0) is 18.1 Å². The van der Waals surface area contributed by atoms with Crippen LogP contribution in [0.2, 0.25) is 0 Å². The molecule has 0 spiro atoms. The molecule has 1 aliphatic rings. The summed E-state index contributed by atoms with van der Waals surface area (Å²) in [5.41, 5.74) is 1.14. The Morgan fingerprint density at radius 1 is 1.41 bits per heavy atom. The van der Waals surface area contributed by atoms with E-state index in [1.807, 2.05) is 24.3 Å². The minimum atomic E-state index is -0.183. The fraction of sp³-hybridized carbons (Fsp3) is 0.385. The number of amides is 1. The molecule has 1 N–H and O–H groups in total. The minimum absolute atomic E-state index is 0.0360. The largest absolute Gasteiger partial charge is 0.312 e. The predicted octanol–water partition coefficient (Wildman–Crippen LogP) is 2.69. The number of nitrogens with one attached hydrogen (secondary N) is 1. The topological polar surface area (TPSA) is 41.5 Å². The summed E-state index contributed by atoms with van der Waals surface area (Å²) in [4.78, 5) is 16.0. The zero-order valence-corrected chi connectivity index (χ0v) is 11.3. The third-order valence-electron chi connectivity index (χ3n) is 2.76. The molecule has 4 heteroatoms. The standard InChI is InChI=1S/C13H15BrN2O/c1-2-5-11-13(17)16-12(15-11)8-9-6-3-4-7-10(9)14/h3-4,6-7,11H,2,5,8H2,1H3,(H,15,16,17). The van der Waals surface area contributed by atoms with E-state index in [0.29, 0.717) is 6.42 Å². The number of halogens is 1. The number of benzene rings is 1. The van der Waals surface area contributed by atoms with Crippen molar-refractivity contribution in [2.75, 3.05) is 0 Å². The van der Waals surface area contributed by atoms with Crippen LogP contribution in [0, 0.1) is 0 Å². The second kappa shape index (κ2) is 5.45. The summed E-state index contributed by atoms with van der Waals surface area (Å²) in [5.74, 6) is 0.814. The van der Waals surface area contributed by atoms with Gasteiger partial charge in [0.25, 0.3) is 0 Å². The monoisotopic (exact) mass is 294 g/mol. The number of aliphatic imine (C=N–C) groups is 1. The molecule has 1 unspecified atom stereocenters. The van der Waals surface area contributed by atoms with Crippen LogP contribution in [0.15, 0.2) is 33.7 Å². The van der Waals surface area contributed by atoms with Crippen LogP contribution in [0.25, 0.3) is 0 Å². The fourth-order valence-electron chi connectivity index (χ4n) is 1.89. The molecule has 0 aromatic heterocycles. The van der Waals surface area contributed by atoms with Gasteiger partial charge in [0.2, 0.25) is 5.91 Å². The van der Waals surface area contributed by atoms with Crippen LogP contribution in [-0.4, -0.2) is 17.8 Å². The summed E-state index contributed by atoms with van der Waals surface area (Å²) in [6.45, 7) is 2.06. The first-order chi connectivity index (χ1) is 8.20. The van der Waals surface area contributed by atoms with E-state index in [-0.39, 0.29) is 11.9 Å². The van der Waals surface area contributed by atoms with E-state index in [2.05, 4.69) is 33.2 Å². The van der Waals surface area contributed by atoms with Gasteiger partial charge < -0.3 is 5.32 Å². The zero-order valence-electron chi connectivity index (χ0n) is 9.74. The Morgan fingerprint density at radius 3 is 2.88 bits per heavy atom. The molecule has 0 aliphatic carbocycles. The highest BCUT2D eigenvalue weighted by atomic mass is 79.9. The first-order valence-corrected chi connectivity index (χ1v) is 6.61. The average Bonchev–Trinajstić information content (AvgIpc) is 2.63. The molecule has 17 heavy (non-hydrogen) atoms. The number of hydrogen-bond donors (Lipinski definition) is 1. The Bertz CT molecular complexity index is 456. The third kappa shape index (κ3) is 2.94. The number of carbonyl (C=O) groups is 1. The molecule has 0 fully saturated rings. The molecule has 0 bridgehead atoms. The summed E-state index contributed by atoms with van der Waals surface area (Å²) in [7, 11) is 0. The van der Waals surface area contributed by atoms with Gasteiger partial charge >= 0.3 is 0 Å². The van der Waals surface area contributed by atoms with E-state index in [9.17, 15) is 4.79 Å². The van der Waals surface area contributed by atoms with Gasteiger partial charge in [-0.3, -0.25) is 9.79 Å². The molecule has 3 nitrogen and oxygen atoms in total. The van der Waals surface area contributed by atoms with Gasteiger partial charge in [0.05, 0.1) is 0 Å². The van der Waals surface area contributed by atoms with Crippen LogP contribution in [0.3, 0.4) is 0 Å². The van der Waals surface area contributed by atoms with Crippen LogP contribution < -0.4 is 5.32 Å². The van der Waals surface area contributed by atoms with Crippen LogP contribution in [-0.2, 0) is 11.2 Å². The average molecular weight is 295 g/mol. The van der Waals surface area contributed by atoms with E-state index in [1.165, 1.54) is 0 Å². The van der Waals surface area contributed by atoms with Gasteiger partial charge in [-0.1, -0.05) is 47.5 Å². The van der Waals surface area contributed by atoms with Gasteiger partial charge in [-0.25, -0.2) is 0 Å². The second-order valence-corrected chi connectivity index (χ2v) is 4.99. The van der Waals surface area contributed by atoms with Crippen molar-refractivity contribution in [1.29, 1.82) is 0 Å². The maximum absolute atomic E-state index is 11.6. The first kappa shape index (κ1) is 12.3. The van der Waals surface area contributed by atoms with Crippen molar-refractivity contribution in [2.45, 2.75) is 32.2 Å². The number of hydrogen-bond acceptors (Lipinski definition) is 2. The lowest BCUT2D eigenvalue weighted by atomic mass is 10.1. The number of rotatable bonds is 4. The number of amidine groups is 1. The van der Waals surface area contributed by atoms with Gasteiger partial charge in [0.1, 0.15) is 11.9 Å². The molecule has 1 amide bonds. The smallest absolute Gasteiger partial charge is 0.250 e. The normalized spacial score (nSPS) is 19.1. The van der Waals surface area contributed by atoms with Crippen LogP contribution in [0.1, 0.15) is 25.3 Å². The Balaban J connectivity index is 2.08. The molecule has 2 rings (SSSR count). The van der Waals surface area contributed by atoms with Crippen molar-refractivity contribution in [3.63, 3.8) is 0 Å². The van der Waals surface area contributed by atoms with Gasteiger partial charge in [0, 0.05) is 10.9 Å². The van der Waals surface area contributed by atoms with Crippen molar-refractivity contribution in [2.24, 2.45) is 4.99 Å². The van der Waals surface area contributed by atoms with Crippen LogP contribution in [0.4, 0.5) is 0 Å². The quantitative estimate of drug-likeness (QED) is 0.911. The predicted molar refractivity (Wildman–Crippen MR) is 72.1 cm³/mol. The lowest BCUT2D eigenvalue weighted by Crippen LogP contribution is -2.29. The van der Waals surface area contributed by atoms with E-state index in [4.69, 9.17) is 0 Å². The molecular formula is C13H15BrN2O. The summed E-state index contributed by atoms with van der Waals surface area (Å²) in [5, 5.41) is 2.85. The molecule has 1 aromatic rings. The Labute approximate surface area is 109 Å². The molecule has 90 valence electrons. The van der Waals surface area contributed by atoms with Gasteiger partial charge in [0.15, 0.2) is 0 Å². The SMILES string of the molecule is CCCC1N=C(Cc2ccccc2Br)NC1=O. The highest BCUT2D eigenvalue weighted by Crippen LogP contribution is 2.18. The lowest BCUT2D eigenvalue weighted by molar-refractivity contribution is -0.120. The molecular weight excluding hydrogens is 280 g/mol. The van der Waals surface area contributed by atoms with Crippen LogP contribution in [0.5, 0.6) is 0 Å².